The maximum atomic E-state index is 12.3. The summed E-state index contributed by atoms with van der Waals surface area (Å²) in [7, 11) is 0. The minimum absolute atomic E-state index is 0. The average Bonchev–Trinajstić information content (AvgIpc) is 2.93. The molecule has 0 aliphatic rings. The molecule has 9 heteroatoms. The molecule has 0 saturated carbocycles. The van der Waals surface area contributed by atoms with Gasteiger partial charge in [0.25, 0.3) is 11.8 Å². The third kappa shape index (κ3) is 9.39. The number of rotatable bonds is 9. The Kier molecular flexibility index (Phi) is 11.9. The lowest BCUT2D eigenvalue weighted by molar-refractivity contribution is -0.130. The van der Waals surface area contributed by atoms with Crippen molar-refractivity contribution in [3.63, 3.8) is 0 Å². The van der Waals surface area contributed by atoms with Crippen LogP contribution in [0, 0.1) is 25.7 Å². The van der Waals surface area contributed by atoms with E-state index in [1.54, 1.807) is 36.4 Å². The smallest absolute Gasteiger partial charge is 0.267 e. The summed E-state index contributed by atoms with van der Waals surface area (Å²) in [6, 6.07) is 18.9. The van der Waals surface area contributed by atoms with Crippen LogP contribution in [0.15, 0.2) is 66.7 Å². The van der Waals surface area contributed by atoms with Gasteiger partial charge >= 0.3 is 0 Å². The molecule has 3 amide bonds. The van der Waals surface area contributed by atoms with Crippen molar-refractivity contribution in [3.05, 3.63) is 100 Å². The van der Waals surface area contributed by atoms with Crippen LogP contribution in [0.4, 0.5) is 5.69 Å². The molecule has 7 N–H and O–H groups in total. The Morgan fingerprint density at radius 2 is 1.51 bits per heavy atom. The first-order chi connectivity index (χ1) is 18.3. The summed E-state index contributed by atoms with van der Waals surface area (Å²) >= 11 is 0. The van der Waals surface area contributed by atoms with Crippen LogP contribution >= 0.6 is 0 Å². The zero-order valence-corrected chi connectivity index (χ0v) is 21.3. The molecule has 0 spiro atoms. The van der Waals surface area contributed by atoms with Crippen molar-refractivity contribution in [2.75, 3.05) is 18.4 Å². The monoisotopic (exact) mass is 529 g/mol. The van der Waals surface area contributed by atoms with Gasteiger partial charge in [0.1, 0.15) is 6.04 Å². The molecule has 39 heavy (non-hydrogen) atoms. The lowest BCUT2D eigenvalue weighted by atomic mass is 10.1. The summed E-state index contributed by atoms with van der Waals surface area (Å²) in [5.74, 6) is 4.64. The standard InChI is InChI=1S/C29H31N5O4.CH4/c1-19-3-4-23(15-20(19)2)17-31-18-27(35)32-25-13-9-22(10-14-25)6-5-21-7-11-24(12-8-21)28(36)33-26(16-30)29(37)34-38;/h3-4,7-15,26,31,38H,16-18,30H2,1-2H3,(H,32,35)(H,33,36)(H,34,37);1H4/t26-;/m0./s1. The van der Waals surface area contributed by atoms with Crippen molar-refractivity contribution in [2.45, 2.75) is 33.9 Å². The molecule has 1 atom stereocenters. The molecule has 0 aliphatic carbocycles. The number of hydrogen-bond acceptors (Lipinski definition) is 6. The third-order valence-corrected chi connectivity index (χ3v) is 5.82. The number of nitrogens with two attached hydrogens (primary N) is 1. The predicted octanol–water partition coefficient (Wildman–Crippen LogP) is 2.63. The van der Waals surface area contributed by atoms with Crippen molar-refractivity contribution < 1.29 is 19.6 Å². The molecule has 0 bridgehead atoms. The number of anilines is 1. The van der Waals surface area contributed by atoms with Crippen LogP contribution in [-0.4, -0.2) is 42.1 Å². The highest BCUT2D eigenvalue weighted by molar-refractivity contribution is 5.97. The number of aryl methyl sites for hydroxylation is 2. The van der Waals surface area contributed by atoms with Gasteiger partial charge in [0.05, 0.1) is 6.54 Å². The van der Waals surface area contributed by atoms with Gasteiger partial charge in [-0.3, -0.25) is 19.6 Å². The van der Waals surface area contributed by atoms with Gasteiger partial charge in [-0.15, -0.1) is 0 Å². The maximum absolute atomic E-state index is 12.3. The Hall–Kier alpha value is -4.49. The van der Waals surface area contributed by atoms with E-state index in [2.05, 4.69) is 59.8 Å². The third-order valence-electron chi connectivity index (χ3n) is 5.82. The van der Waals surface area contributed by atoms with E-state index >= 15 is 0 Å². The molecule has 3 aromatic carbocycles. The minimum Gasteiger partial charge on any atom is -0.339 e. The van der Waals surface area contributed by atoms with Gasteiger partial charge < -0.3 is 21.7 Å². The quantitative estimate of drug-likeness (QED) is 0.143. The van der Waals surface area contributed by atoms with E-state index < -0.39 is 17.9 Å². The predicted molar refractivity (Wildman–Crippen MR) is 152 cm³/mol. The fraction of sp³-hybridized carbons (Fsp3) is 0.233. The van der Waals surface area contributed by atoms with Crippen LogP contribution in [0.3, 0.4) is 0 Å². The van der Waals surface area contributed by atoms with Crippen molar-refractivity contribution >= 4 is 23.4 Å². The Bertz CT molecular complexity index is 1340. The topological polar surface area (TPSA) is 146 Å². The van der Waals surface area contributed by atoms with Crippen molar-refractivity contribution in [1.29, 1.82) is 0 Å². The number of nitrogens with one attached hydrogen (secondary N) is 4. The molecule has 0 saturated heterocycles. The van der Waals surface area contributed by atoms with Crippen molar-refractivity contribution in [2.24, 2.45) is 5.73 Å². The Morgan fingerprint density at radius 1 is 0.897 bits per heavy atom. The summed E-state index contributed by atoms with van der Waals surface area (Å²) in [6.45, 7) is 4.80. The molecule has 0 heterocycles. The van der Waals surface area contributed by atoms with E-state index in [-0.39, 0.29) is 26.4 Å². The molecule has 0 aromatic heterocycles. The fourth-order valence-electron chi connectivity index (χ4n) is 3.48. The molecule has 0 radical (unpaired) electrons. The number of amides is 3. The first-order valence-corrected chi connectivity index (χ1v) is 12.0. The van der Waals surface area contributed by atoms with Crippen LogP contribution in [0.1, 0.15) is 45.6 Å². The molecular formula is C30H35N5O4. The molecule has 3 aromatic rings. The zero-order valence-electron chi connectivity index (χ0n) is 21.3. The summed E-state index contributed by atoms with van der Waals surface area (Å²) in [6.07, 6.45) is 0. The highest BCUT2D eigenvalue weighted by Gasteiger charge is 2.19. The summed E-state index contributed by atoms with van der Waals surface area (Å²) in [5.41, 5.74) is 13.0. The molecule has 0 fully saturated rings. The number of hydroxylamine groups is 1. The SMILES string of the molecule is C.Cc1ccc(CNCC(=O)Nc2ccc(C#Cc3ccc(C(=O)N[C@@H](CN)C(=O)NO)cc3)cc2)cc1C. The van der Waals surface area contributed by atoms with E-state index in [0.717, 1.165) is 11.1 Å². The van der Waals surface area contributed by atoms with Crippen LogP contribution in [0.2, 0.25) is 0 Å². The second-order valence-electron chi connectivity index (χ2n) is 8.71. The van der Waals surface area contributed by atoms with Gasteiger partial charge in [-0.05, 0) is 79.1 Å². The summed E-state index contributed by atoms with van der Waals surface area (Å²) in [4.78, 5) is 36.0. The minimum atomic E-state index is -1.04. The highest BCUT2D eigenvalue weighted by Crippen LogP contribution is 2.11. The lowest BCUT2D eigenvalue weighted by Gasteiger charge is -2.14. The van der Waals surface area contributed by atoms with E-state index in [1.165, 1.54) is 16.6 Å². The molecule has 204 valence electrons. The van der Waals surface area contributed by atoms with Crippen molar-refractivity contribution in [3.8, 4) is 11.8 Å². The summed E-state index contributed by atoms with van der Waals surface area (Å²) < 4.78 is 0. The summed E-state index contributed by atoms with van der Waals surface area (Å²) in [5, 5.41) is 17.2. The van der Waals surface area contributed by atoms with Gasteiger partial charge in [0, 0.05) is 35.5 Å². The second-order valence-corrected chi connectivity index (χ2v) is 8.71. The van der Waals surface area contributed by atoms with Crippen LogP contribution in [0.5, 0.6) is 0 Å². The van der Waals surface area contributed by atoms with Gasteiger partial charge in [-0.1, -0.05) is 37.5 Å². The van der Waals surface area contributed by atoms with Crippen molar-refractivity contribution in [1.82, 2.24) is 16.1 Å². The zero-order chi connectivity index (χ0) is 27.5. The Balaban J connectivity index is 0.00000533. The molecule has 0 aliphatic heterocycles. The Labute approximate surface area is 229 Å². The van der Waals surface area contributed by atoms with Gasteiger partial charge in [-0.25, -0.2) is 5.48 Å². The normalized spacial score (nSPS) is 10.8. The van der Waals surface area contributed by atoms with Gasteiger partial charge in [0.15, 0.2) is 0 Å². The first kappa shape index (κ1) is 30.7. The van der Waals surface area contributed by atoms with Crippen LogP contribution < -0.4 is 27.2 Å². The number of carbonyl (C=O) groups is 3. The van der Waals surface area contributed by atoms with E-state index in [4.69, 9.17) is 10.9 Å². The second kappa shape index (κ2) is 15.1. The van der Waals surface area contributed by atoms with Gasteiger partial charge in [-0.2, -0.15) is 0 Å². The molecule has 3 rings (SSSR count). The highest BCUT2D eigenvalue weighted by atomic mass is 16.5. The average molecular weight is 530 g/mol. The molecular weight excluding hydrogens is 494 g/mol. The number of benzene rings is 3. The maximum Gasteiger partial charge on any atom is 0.267 e. The first-order valence-electron chi connectivity index (χ1n) is 12.0. The lowest BCUT2D eigenvalue weighted by Crippen LogP contribution is -2.50. The van der Waals surface area contributed by atoms with E-state index in [1.807, 2.05) is 12.1 Å². The number of carbonyl (C=O) groups excluding carboxylic acids is 3. The van der Waals surface area contributed by atoms with E-state index in [0.29, 0.717) is 23.4 Å². The fourth-order valence-corrected chi connectivity index (χ4v) is 3.48. The van der Waals surface area contributed by atoms with Gasteiger partial charge in [0.2, 0.25) is 5.91 Å². The van der Waals surface area contributed by atoms with Crippen LogP contribution in [-0.2, 0) is 16.1 Å². The largest absolute Gasteiger partial charge is 0.339 e. The molecule has 0 unspecified atom stereocenters. The molecule has 9 nitrogen and oxygen atoms in total. The number of hydrogen-bond donors (Lipinski definition) is 6. The van der Waals surface area contributed by atoms with E-state index in [9.17, 15) is 14.4 Å². The van der Waals surface area contributed by atoms with Crippen LogP contribution in [0.25, 0.3) is 0 Å². The Morgan fingerprint density at radius 3 is 2.08 bits per heavy atom.